The molecule has 0 radical (unpaired) electrons. The van der Waals surface area contributed by atoms with Gasteiger partial charge in [-0.3, -0.25) is 0 Å². The average Bonchev–Trinajstić information content (AvgIpc) is 2.80. The van der Waals surface area contributed by atoms with Crippen LogP contribution in [0.15, 0.2) is 24.3 Å². The minimum atomic E-state index is -1.76. The van der Waals surface area contributed by atoms with Crippen LogP contribution in [-0.4, -0.2) is 45.0 Å². The lowest BCUT2D eigenvalue weighted by atomic mass is 9.88. The molecular formula is C24H8Cl4O12. The van der Waals surface area contributed by atoms with Crippen molar-refractivity contribution < 1.29 is 58.6 Å². The van der Waals surface area contributed by atoms with E-state index < -0.39 is 47.6 Å². The second-order valence-electron chi connectivity index (χ2n) is 7.90. The van der Waals surface area contributed by atoms with Crippen molar-refractivity contribution >= 4 is 114 Å². The van der Waals surface area contributed by atoms with Crippen LogP contribution < -0.4 is 18.9 Å². The van der Waals surface area contributed by atoms with Gasteiger partial charge in [-0.05, 0) is 0 Å². The zero-order valence-corrected chi connectivity index (χ0v) is 21.9. The van der Waals surface area contributed by atoms with Gasteiger partial charge in [-0.15, -0.1) is 0 Å². The highest BCUT2D eigenvalue weighted by atomic mass is 35.5. The first-order valence-corrected chi connectivity index (χ1v) is 11.9. The highest BCUT2D eigenvalue weighted by Gasteiger charge is 2.30. The van der Waals surface area contributed by atoms with E-state index in [9.17, 15) is 39.6 Å². The molecule has 204 valence electrons. The largest absolute Gasteiger partial charge is 0.511 e. The Balaban J connectivity index is 2.17. The van der Waals surface area contributed by atoms with Crippen molar-refractivity contribution in [2.75, 3.05) is 0 Å². The molecule has 0 bridgehead atoms. The number of benzene rings is 5. The van der Waals surface area contributed by atoms with Crippen LogP contribution in [0.25, 0.3) is 43.1 Å². The molecule has 12 nitrogen and oxygen atoms in total. The number of hydrogen-bond acceptors (Lipinski definition) is 8. The Kier molecular flexibility index (Phi) is 6.59. The van der Waals surface area contributed by atoms with Crippen molar-refractivity contribution in [2.24, 2.45) is 0 Å². The smallest absolute Gasteiger partial charge is 0.449 e. The summed E-state index contributed by atoms with van der Waals surface area (Å²) in [5.41, 5.74) is 0. The fourth-order valence-corrected chi connectivity index (χ4v) is 5.83. The third-order valence-corrected chi connectivity index (χ3v) is 6.95. The number of halogens is 4. The van der Waals surface area contributed by atoms with Gasteiger partial charge in [0.15, 0.2) is 0 Å². The van der Waals surface area contributed by atoms with E-state index in [2.05, 4.69) is 0 Å². The normalized spacial score (nSPS) is 11.3. The van der Waals surface area contributed by atoms with Gasteiger partial charge in [0.1, 0.15) is 23.0 Å². The second kappa shape index (κ2) is 9.68. The van der Waals surface area contributed by atoms with Gasteiger partial charge in [0.2, 0.25) is 0 Å². The quantitative estimate of drug-likeness (QED) is 0.0642. The van der Waals surface area contributed by atoms with Gasteiger partial charge in [-0.1, -0.05) is 46.4 Å². The van der Waals surface area contributed by atoms with Crippen LogP contribution >= 0.6 is 46.4 Å². The van der Waals surface area contributed by atoms with E-state index in [4.69, 9.17) is 65.4 Å². The van der Waals surface area contributed by atoms with Crippen molar-refractivity contribution in [1.82, 2.24) is 0 Å². The van der Waals surface area contributed by atoms with Crippen molar-refractivity contribution in [1.29, 1.82) is 0 Å². The van der Waals surface area contributed by atoms with E-state index in [-0.39, 0.29) is 63.2 Å². The number of rotatable bonds is 4. The summed E-state index contributed by atoms with van der Waals surface area (Å²) < 4.78 is 19.5. The molecule has 5 aromatic rings. The fraction of sp³-hybridized carbons (Fsp3) is 0. The summed E-state index contributed by atoms with van der Waals surface area (Å²) in [4.78, 5) is 45.9. The van der Waals surface area contributed by atoms with Crippen LogP contribution in [0.4, 0.5) is 19.2 Å². The maximum atomic E-state index is 11.5. The molecule has 0 aliphatic rings. The topological polar surface area (TPSA) is 186 Å². The predicted octanol–water partition coefficient (Wildman–Crippen LogP) is 8.58. The molecule has 0 fully saturated rings. The van der Waals surface area contributed by atoms with Crippen molar-refractivity contribution in [3.63, 3.8) is 0 Å². The average molecular weight is 630 g/mol. The van der Waals surface area contributed by atoms with E-state index in [1.165, 1.54) is 0 Å². The van der Waals surface area contributed by atoms with Crippen LogP contribution in [0, 0.1) is 0 Å². The molecule has 0 amide bonds. The SMILES string of the molecule is O=C(O)Oc1cc(Cl)c2c3c(Cl)cc(OC(=O)O)c4c(OC(=O)O)cc(Cl)c(c5c(Cl)cc(OC(=O)O)c1c25)c43. The Hall–Kier alpha value is -4.36. The van der Waals surface area contributed by atoms with E-state index in [0.717, 1.165) is 24.3 Å². The lowest BCUT2D eigenvalue weighted by molar-refractivity contribution is 0.141. The van der Waals surface area contributed by atoms with E-state index >= 15 is 0 Å². The molecule has 0 unspecified atom stereocenters. The lowest BCUT2D eigenvalue weighted by Crippen LogP contribution is -2.08. The second-order valence-corrected chi connectivity index (χ2v) is 9.53. The standard InChI is InChI=1S/C24H8Cl4O12/c25-5-1-9(37-21(29)30)17-10(38-22(31)32)2-7(27)15-16-8(28)4-12(40-24(35)36)18-11(39-23(33)34)3-6(26)14(20(16)18)13(5)19(15)17/h1-4H,(H,29,30)(H,31,32)(H,33,34)(H,35,36). The van der Waals surface area contributed by atoms with Crippen LogP contribution in [-0.2, 0) is 0 Å². The Morgan fingerprint density at radius 2 is 0.600 bits per heavy atom. The van der Waals surface area contributed by atoms with E-state index in [1.807, 2.05) is 0 Å². The molecule has 40 heavy (non-hydrogen) atoms. The monoisotopic (exact) mass is 628 g/mol. The third kappa shape index (κ3) is 4.27. The molecule has 16 heteroatoms. The summed E-state index contributed by atoms with van der Waals surface area (Å²) in [5, 5.41) is 36.4. The van der Waals surface area contributed by atoms with Gasteiger partial charge >= 0.3 is 24.6 Å². The number of hydrogen-bond donors (Lipinski definition) is 4. The highest BCUT2D eigenvalue weighted by molar-refractivity contribution is 6.54. The molecule has 0 heterocycles. The molecule has 0 aliphatic carbocycles. The third-order valence-electron chi connectivity index (χ3n) is 5.76. The minimum Gasteiger partial charge on any atom is -0.449 e. The van der Waals surface area contributed by atoms with Gasteiger partial charge in [-0.2, -0.15) is 0 Å². The van der Waals surface area contributed by atoms with Crippen molar-refractivity contribution in [3.8, 4) is 23.0 Å². The molecule has 0 aliphatic heterocycles. The van der Waals surface area contributed by atoms with Gasteiger partial charge < -0.3 is 39.4 Å². The summed E-state index contributed by atoms with van der Waals surface area (Å²) in [6.45, 7) is 0. The molecule has 5 aromatic carbocycles. The first kappa shape index (κ1) is 27.2. The molecule has 5 rings (SSSR count). The van der Waals surface area contributed by atoms with Gasteiger partial charge in [0, 0.05) is 56.6 Å². The summed E-state index contributed by atoms with van der Waals surface area (Å²) in [5.74, 6) is -1.69. The van der Waals surface area contributed by atoms with Crippen molar-refractivity contribution in [3.05, 3.63) is 44.4 Å². The van der Waals surface area contributed by atoms with Crippen molar-refractivity contribution in [2.45, 2.75) is 0 Å². The van der Waals surface area contributed by atoms with Gasteiger partial charge in [0.05, 0.1) is 30.9 Å². The number of ether oxygens (including phenoxy) is 4. The van der Waals surface area contributed by atoms with Crippen LogP contribution in [0.5, 0.6) is 23.0 Å². The molecule has 0 saturated carbocycles. The molecule has 0 saturated heterocycles. The minimum absolute atomic E-state index is 0.0175. The summed E-state index contributed by atoms with van der Waals surface area (Å²) in [7, 11) is 0. The first-order chi connectivity index (χ1) is 18.8. The number of carboxylic acid groups (broad SMARTS) is 4. The zero-order chi connectivity index (χ0) is 29.2. The fourth-order valence-electron chi connectivity index (χ4n) is 4.68. The number of fused-ring (bicyclic) bond motifs is 2. The molecule has 0 aromatic heterocycles. The predicted molar refractivity (Wildman–Crippen MR) is 142 cm³/mol. The van der Waals surface area contributed by atoms with Gasteiger partial charge in [-0.25, -0.2) is 19.2 Å². The first-order valence-electron chi connectivity index (χ1n) is 10.4. The molecular weight excluding hydrogens is 622 g/mol. The maximum Gasteiger partial charge on any atom is 0.511 e. The Labute approximate surface area is 239 Å². The van der Waals surface area contributed by atoms with Crippen LogP contribution in [0.1, 0.15) is 0 Å². The summed E-state index contributed by atoms with van der Waals surface area (Å²) in [6.07, 6.45) is -7.04. The summed E-state index contributed by atoms with van der Waals surface area (Å²) >= 11 is 26.4. The van der Waals surface area contributed by atoms with Crippen LogP contribution in [0.2, 0.25) is 20.1 Å². The Morgan fingerprint density at radius 1 is 0.400 bits per heavy atom. The Morgan fingerprint density at radius 3 is 0.775 bits per heavy atom. The molecule has 4 N–H and O–H groups in total. The van der Waals surface area contributed by atoms with Crippen LogP contribution in [0.3, 0.4) is 0 Å². The highest BCUT2D eigenvalue weighted by Crippen LogP contribution is 2.56. The Bertz CT molecular complexity index is 1700. The zero-order valence-electron chi connectivity index (χ0n) is 18.9. The molecule has 0 spiro atoms. The van der Waals surface area contributed by atoms with Gasteiger partial charge in [0.25, 0.3) is 0 Å². The van der Waals surface area contributed by atoms with E-state index in [0.29, 0.717) is 0 Å². The van der Waals surface area contributed by atoms with E-state index in [1.54, 1.807) is 0 Å². The lowest BCUT2D eigenvalue weighted by Gasteiger charge is -2.22. The molecule has 0 atom stereocenters. The number of carbonyl (C=O) groups is 4. The summed E-state index contributed by atoms with van der Waals surface area (Å²) in [6, 6.07) is 4.25. The maximum absolute atomic E-state index is 11.5.